The number of rotatable bonds is 5. The van der Waals surface area contributed by atoms with E-state index in [2.05, 4.69) is 11.8 Å². The van der Waals surface area contributed by atoms with Gasteiger partial charge in [-0.2, -0.15) is 0 Å². The normalized spacial score (nSPS) is 10.2. The molecule has 0 aromatic heterocycles. The second-order valence-corrected chi connectivity index (χ2v) is 4.68. The highest BCUT2D eigenvalue weighted by Crippen LogP contribution is 2.24. The van der Waals surface area contributed by atoms with Gasteiger partial charge in [0.25, 0.3) is 0 Å². The third-order valence-corrected chi connectivity index (χ3v) is 2.94. The van der Waals surface area contributed by atoms with Crippen molar-refractivity contribution in [2.75, 3.05) is 18.5 Å². The van der Waals surface area contributed by atoms with E-state index < -0.39 is 0 Å². The molecule has 0 amide bonds. The SMILES string of the molecule is CCCCN(C)c1cc(Cl)ccc1C(N)=S. The van der Waals surface area contributed by atoms with Gasteiger partial charge in [-0.1, -0.05) is 37.2 Å². The fourth-order valence-corrected chi connectivity index (χ4v) is 1.88. The van der Waals surface area contributed by atoms with Gasteiger partial charge < -0.3 is 10.6 Å². The maximum atomic E-state index is 5.99. The monoisotopic (exact) mass is 256 g/mol. The first-order valence-corrected chi connectivity index (χ1v) is 6.15. The minimum atomic E-state index is 0.412. The predicted molar refractivity (Wildman–Crippen MR) is 75.5 cm³/mol. The molecule has 1 aromatic carbocycles. The molecular weight excluding hydrogens is 240 g/mol. The Morgan fingerprint density at radius 1 is 1.50 bits per heavy atom. The number of hydrogen-bond acceptors (Lipinski definition) is 2. The second kappa shape index (κ2) is 6.06. The van der Waals surface area contributed by atoms with Gasteiger partial charge >= 0.3 is 0 Å². The van der Waals surface area contributed by atoms with Crippen molar-refractivity contribution in [2.24, 2.45) is 5.73 Å². The molecule has 0 atom stereocenters. The van der Waals surface area contributed by atoms with Crippen molar-refractivity contribution in [3.63, 3.8) is 0 Å². The van der Waals surface area contributed by atoms with Crippen molar-refractivity contribution in [1.29, 1.82) is 0 Å². The first kappa shape index (κ1) is 13.3. The summed E-state index contributed by atoms with van der Waals surface area (Å²) in [6.07, 6.45) is 2.30. The molecule has 0 aliphatic heterocycles. The van der Waals surface area contributed by atoms with Gasteiger partial charge in [0.15, 0.2) is 0 Å². The van der Waals surface area contributed by atoms with Crippen LogP contribution in [0.1, 0.15) is 25.3 Å². The van der Waals surface area contributed by atoms with Crippen LogP contribution in [-0.4, -0.2) is 18.6 Å². The molecule has 0 aliphatic rings. The Balaban J connectivity index is 2.99. The summed E-state index contributed by atoms with van der Waals surface area (Å²) in [5, 5.41) is 0.707. The number of nitrogens with two attached hydrogens (primary N) is 1. The Hall–Kier alpha value is -0.800. The zero-order valence-corrected chi connectivity index (χ0v) is 11.2. The summed E-state index contributed by atoms with van der Waals surface area (Å²) < 4.78 is 0. The Bertz CT molecular complexity index is 379. The van der Waals surface area contributed by atoms with Crippen LogP contribution < -0.4 is 10.6 Å². The fraction of sp³-hybridized carbons (Fsp3) is 0.417. The third kappa shape index (κ3) is 3.35. The summed E-state index contributed by atoms with van der Waals surface area (Å²) >= 11 is 11.0. The molecule has 88 valence electrons. The zero-order valence-electron chi connectivity index (χ0n) is 9.66. The largest absolute Gasteiger partial charge is 0.389 e. The molecule has 4 heteroatoms. The molecular formula is C12H17ClN2S. The number of unbranched alkanes of at least 4 members (excludes halogenated alkanes) is 1. The molecule has 1 rings (SSSR count). The maximum absolute atomic E-state index is 5.99. The lowest BCUT2D eigenvalue weighted by atomic mass is 10.1. The van der Waals surface area contributed by atoms with Crippen LogP contribution in [0.4, 0.5) is 5.69 Å². The van der Waals surface area contributed by atoms with Gasteiger partial charge in [0.2, 0.25) is 0 Å². The number of nitrogens with zero attached hydrogens (tertiary/aromatic N) is 1. The third-order valence-electron chi connectivity index (χ3n) is 2.48. The lowest BCUT2D eigenvalue weighted by Crippen LogP contribution is -2.22. The average Bonchev–Trinajstić information content (AvgIpc) is 2.25. The van der Waals surface area contributed by atoms with Crippen LogP contribution in [0.2, 0.25) is 5.02 Å². The van der Waals surface area contributed by atoms with E-state index in [1.54, 1.807) is 0 Å². The molecule has 16 heavy (non-hydrogen) atoms. The summed E-state index contributed by atoms with van der Waals surface area (Å²) in [7, 11) is 2.03. The molecule has 2 N–H and O–H groups in total. The standard InChI is InChI=1S/C12H17ClN2S/c1-3-4-7-15(2)11-8-9(13)5-6-10(11)12(14)16/h5-6,8H,3-4,7H2,1-2H3,(H2,14,16). The lowest BCUT2D eigenvalue weighted by Gasteiger charge is -2.22. The summed E-state index contributed by atoms with van der Waals surface area (Å²) in [6, 6.07) is 5.60. The van der Waals surface area contributed by atoms with Crippen LogP contribution in [0.25, 0.3) is 0 Å². The van der Waals surface area contributed by atoms with Gasteiger partial charge in [-0.3, -0.25) is 0 Å². The molecule has 0 saturated heterocycles. The molecule has 0 aliphatic carbocycles. The topological polar surface area (TPSA) is 29.3 Å². The molecule has 2 nitrogen and oxygen atoms in total. The first-order valence-electron chi connectivity index (χ1n) is 5.36. The Kier molecular flexibility index (Phi) is 5.03. The van der Waals surface area contributed by atoms with Crippen molar-refractivity contribution in [3.8, 4) is 0 Å². The maximum Gasteiger partial charge on any atom is 0.106 e. The zero-order chi connectivity index (χ0) is 12.1. The van der Waals surface area contributed by atoms with Crippen molar-refractivity contribution < 1.29 is 0 Å². The number of thiocarbonyl (C=S) groups is 1. The van der Waals surface area contributed by atoms with Crippen LogP contribution in [0.5, 0.6) is 0 Å². The van der Waals surface area contributed by atoms with Gasteiger partial charge in [0, 0.05) is 29.9 Å². The van der Waals surface area contributed by atoms with E-state index in [1.807, 2.05) is 25.2 Å². The highest BCUT2D eigenvalue weighted by atomic mass is 35.5. The fourth-order valence-electron chi connectivity index (χ4n) is 1.54. The summed E-state index contributed by atoms with van der Waals surface area (Å²) in [5.74, 6) is 0. The van der Waals surface area contributed by atoms with E-state index in [0.717, 1.165) is 30.6 Å². The quantitative estimate of drug-likeness (QED) is 0.821. The van der Waals surface area contributed by atoms with Crippen LogP contribution in [0.3, 0.4) is 0 Å². The molecule has 0 unspecified atom stereocenters. The van der Waals surface area contributed by atoms with Crippen LogP contribution in [-0.2, 0) is 0 Å². The van der Waals surface area contributed by atoms with E-state index in [9.17, 15) is 0 Å². The highest BCUT2D eigenvalue weighted by molar-refractivity contribution is 7.80. The summed E-state index contributed by atoms with van der Waals surface area (Å²) in [5.41, 5.74) is 7.59. The van der Waals surface area contributed by atoms with Crippen molar-refractivity contribution in [1.82, 2.24) is 0 Å². The summed E-state index contributed by atoms with van der Waals surface area (Å²) in [4.78, 5) is 2.55. The molecule has 0 saturated carbocycles. The van der Waals surface area contributed by atoms with Crippen molar-refractivity contribution in [2.45, 2.75) is 19.8 Å². The van der Waals surface area contributed by atoms with Gasteiger partial charge in [0.1, 0.15) is 4.99 Å². The molecule has 1 aromatic rings. The Morgan fingerprint density at radius 2 is 2.19 bits per heavy atom. The van der Waals surface area contributed by atoms with Crippen LogP contribution in [0.15, 0.2) is 18.2 Å². The Morgan fingerprint density at radius 3 is 2.75 bits per heavy atom. The Labute approximate surface area is 107 Å². The molecule has 0 fully saturated rings. The number of halogens is 1. The van der Waals surface area contributed by atoms with Gasteiger partial charge in [-0.05, 0) is 24.6 Å². The number of benzene rings is 1. The number of anilines is 1. The van der Waals surface area contributed by atoms with E-state index in [-0.39, 0.29) is 0 Å². The predicted octanol–water partition coefficient (Wildman–Crippen LogP) is 3.21. The minimum absolute atomic E-state index is 0.412. The smallest absolute Gasteiger partial charge is 0.106 e. The van der Waals surface area contributed by atoms with Gasteiger partial charge in [-0.25, -0.2) is 0 Å². The van der Waals surface area contributed by atoms with E-state index in [0.29, 0.717) is 10.0 Å². The lowest BCUT2D eigenvalue weighted by molar-refractivity contribution is 0.766. The average molecular weight is 257 g/mol. The van der Waals surface area contributed by atoms with Crippen molar-refractivity contribution >= 4 is 34.5 Å². The molecule has 0 spiro atoms. The molecule has 0 radical (unpaired) electrons. The summed E-state index contributed by atoms with van der Waals surface area (Å²) in [6.45, 7) is 3.15. The minimum Gasteiger partial charge on any atom is -0.389 e. The van der Waals surface area contributed by atoms with E-state index in [4.69, 9.17) is 29.6 Å². The van der Waals surface area contributed by atoms with Crippen LogP contribution in [0, 0.1) is 0 Å². The molecule has 0 heterocycles. The van der Waals surface area contributed by atoms with Crippen LogP contribution >= 0.6 is 23.8 Å². The van der Waals surface area contributed by atoms with Crippen molar-refractivity contribution in [3.05, 3.63) is 28.8 Å². The van der Waals surface area contributed by atoms with Gasteiger partial charge in [0.05, 0.1) is 0 Å². The molecule has 0 bridgehead atoms. The second-order valence-electron chi connectivity index (χ2n) is 3.80. The van der Waals surface area contributed by atoms with E-state index in [1.165, 1.54) is 0 Å². The highest BCUT2D eigenvalue weighted by Gasteiger charge is 2.09. The van der Waals surface area contributed by atoms with Gasteiger partial charge in [-0.15, -0.1) is 0 Å². The first-order chi connectivity index (χ1) is 7.56. The van der Waals surface area contributed by atoms with E-state index >= 15 is 0 Å². The number of hydrogen-bond donors (Lipinski definition) is 1.